The number of fused-ring (bicyclic) bond motifs is 1. The number of hydrogen-bond acceptors (Lipinski definition) is 7. The molecule has 1 aromatic carbocycles. The summed E-state index contributed by atoms with van der Waals surface area (Å²) in [4.78, 5) is 27.4. The van der Waals surface area contributed by atoms with Gasteiger partial charge in [0.2, 0.25) is 0 Å². The third-order valence-corrected chi connectivity index (χ3v) is 5.50. The zero-order valence-corrected chi connectivity index (χ0v) is 16.5. The first-order valence-electron chi connectivity index (χ1n) is 9.75. The average molecular weight is 408 g/mol. The number of carbonyl (C=O) groups is 1. The third kappa shape index (κ3) is 3.74. The van der Waals surface area contributed by atoms with Crippen molar-refractivity contribution in [3.8, 4) is 6.07 Å². The highest BCUT2D eigenvalue weighted by molar-refractivity contribution is 6.47. The fourth-order valence-electron chi connectivity index (χ4n) is 3.90. The smallest absolute Gasteiger partial charge is 0.272 e. The second-order valence-electron chi connectivity index (χ2n) is 7.53. The Morgan fingerprint density at radius 3 is 2.97 bits per heavy atom. The number of nitriles is 1. The van der Waals surface area contributed by atoms with Crippen molar-refractivity contribution in [1.82, 2.24) is 14.9 Å². The standard InChI is InChI=1S/C21H21FN6O2/c1-28(10-13-7-14(22)6-5-12(13)8-23)21(30)19-18-16(9-24-19)25-11-26-20(18)27-15-3-2-4-17(15)29/h5-7,11,15,17,29H,2-4,9-10H2,1H3,(H,25,26,27)/t15-,17-/m1/s1. The van der Waals surface area contributed by atoms with Crippen LogP contribution in [0.15, 0.2) is 29.5 Å². The Labute approximate surface area is 173 Å². The minimum absolute atomic E-state index is 0.0611. The summed E-state index contributed by atoms with van der Waals surface area (Å²) >= 11 is 0. The van der Waals surface area contributed by atoms with Gasteiger partial charge >= 0.3 is 0 Å². The highest BCUT2D eigenvalue weighted by Gasteiger charge is 2.32. The van der Waals surface area contributed by atoms with Crippen LogP contribution >= 0.6 is 0 Å². The summed E-state index contributed by atoms with van der Waals surface area (Å²) in [6.07, 6.45) is 3.41. The maximum atomic E-state index is 13.6. The lowest BCUT2D eigenvalue weighted by molar-refractivity contribution is -0.123. The molecule has 1 aliphatic carbocycles. The van der Waals surface area contributed by atoms with Crippen LogP contribution in [0.5, 0.6) is 0 Å². The molecule has 0 radical (unpaired) electrons. The average Bonchev–Trinajstić information content (AvgIpc) is 3.34. The van der Waals surface area contributed by atoms with E-state index in [-0.39, 0.29) is 30.8 Å². The second kappa shape index (κ2) is 8.16. The van der Waals surface area contributed by atoms with E-state index in [9.17, 15) is 19.6 Å². The molecule has 1 fully saturated rings. The molecule has 2 atom stereocenters. The number of hydrogen-bond donors (Lipinski definition) is 2. The van der Waals surface area contributed by atoms with Crippen molar-refractivity contribution in [2.24, 2.45) is 4.99 Å². The van der Waals surface area contributed by atoms with Gasteiger partial charge in [-0.05, 0) is 43.0 Å². The van der Waals surface area contributed by atoms with Crippen molar-refractivity contribution in [1.29, 1.82) is 5.26 Å². The zero-order valence-electron chi connectivity index (χ0n) is 16.5. The summed E-state index contributed by atoms with van der Waals surface area (Å²) in [6, 6.07) is 5.75. The number of aliphatic imine (C=N–C) groups is 1. The van der Waals surface area contributed by atoms with E-state index in [1.54, 1.807) is 7.05 Å². The van der Waals surface area contributed by atoms with Gasteiger partial charge in [0.15, 0.2) is 0 Å². The SMILES string of the molecule is CN(Cc1cc(F)ccc1C#N)C(=O)C1=NCc2ncnc(N[C@@H]3CCC[C@H]3O)c21. The molecule has 8 nitrogen and oxygen atoms in total. The number of nitrogens with one attached hydrogen (secondary N) is 1. The summed E-state index contributed by atoms with van der Waals surface area (Å²) in [5, 5.41) is 22.6. The van der Waals surface area contributed by atoms with Gasteiger partial charge in [-0.2, -0.15) is 5.26 Å². The van der Waals surface area contributed by atoms with Gasteiger partial charge in [0.05, 0.1) is 41.6 Å². The predicted molar refractivity (Wildman–Crippen MR) is 107 cm³/mol. The molecule has 1 saturated carbocycles. The van der Waals surface area contributed by atoms with E-state index in [0.717, 1.165) is 19.3 Å². The van der Waals surface area contributed by atoms with Crippen molar-refractivity contribution in [3.63, 3.8) is 0 Å². The molecular weight excluding hydrogens is 387 g/mol. The number of aliphatic hydroxyl groups excluding tert-OH is 1. The highest BCUT2D eigenvalue weighted by Crippen LogP contribution is 2.28. The number of aliphatic hydroxyl groups is 1. The Morgan fingerprint density at radius 1 is 1.40 bits per heavy atom. The summed E-state index contributed by atoms with van der Waals surface area (Å²) in [7, 11) is 1.58. The van der Waals surface area contributed by atoms with Crippen LogP contribution in [0.4, 0.5) is 10.2 Å². The summed E-state index contributed by atoms with van der Waals surface area (Å²) in [5.41, 5.74) is 2.13. The van der Waals surface area contributed by atoms with Gasteiger partial charge in [-0.25, -0.2) is 14.4 Å². The third-order valence-electron chi connectivity index (χ3n) is 5.50. The lowest BCUT2D eigenvalue weighted by atomic mass is 10.1. The molecule has 0 unspecified atom stereocenters. The number of rotatable bonds is 5. The summed E-state index contributed by atoms with van der Waals surface area (Å²) in [6.45, 7) is 0.323. The molecule has 2 aromatic rings. The molecule has 0 bridgehead atoms. The van der Waals surface area contributed by atoms with Gasteiger partial charge in [0.1, 0.15) is 23.7 Å². The van der Waals surface area contributed by atoms with Gasteiger partial charge in [-0.15, -0.1) is 0 Å². The molecule has 1 aromatic heterocycles. The van der Waals surface area contributed by atoms with E-state index < -0.39 is 11.9 Å². The van der Waals surface area contributed by atoms with Crippen LogP contribution in [0.1, 0.15) is 41.6 Å². The number of benzene rings is 1. The van der Waals surface area contributed by atoms with Crippen molar-refractivity contribution in [2.45, 2.75) is 44.5 Å². The lowest BCUT2D eigenvalue weighted by Crippen LogP contribution is -2.35. The number of aromatic nitrogens is 2. The minimum Gasteiger partial charge on any atom is -0.391 e. The topological polar surface area (TPSA) is 114 Å². The molecule has 0 spiro atoms. The van der Waals surface area contributed by atoms with E-state index in [1.165, 1.54) is 29.4 Å². The Hall–Kier alpha value is -3.38. The number of nitrogens with zero attached hydrogens (tertiary/aromatic N) is 5. The monoisotopic (exact) mass is 408 g/mol. The molecule has 4 rings (SSSR count). The van der Waals surface area contributed by atoms with E-state index >= 15 is 0 Å². The molecule has 9 heteroatoms. The highest BCUT2D eigenvalue weighted by atomic mass is 19.1. The molecule has 2 N–H and O–H groups in total. The van der Waals surface area contributed by atoms with Crippen LogP contribution in [0.3, 0.4) is 0 Å². The lowest BCUT2D eigenvalue weighted by Gasteiger charge is -2.21. The first kappa shape index (κ1) is 19.9. The second-order valence-corrected chi connectivity index (χ2v) is 7.53. The van der Waals surface area contributed by atoms with E-state index in [4.69, 9.17) is 0 Å². The first-order chi connectivity index (χ1) is 14.5. The molecule has 1 amide bonds. The summed E-state index contributed by atoms with van der Waals surface area (Å²) < 4.78 is 13.6. The number of anilines is 1. The molecule has 30 heavy (non-hydrogen) atoms. The molecule has 0 saturated heterocycles. The van der Waals surface area contributed by atoms with Crippen molar-refractivity contribution < 1.29 is 14.3 Å². The maximum Gasteiger partial charge on any atom is 0.272 e. The Balaban J connectivity index is 1.57. The van der Waals surface area contributed by atoms with Gasteiger partial charge in [-0.1, -0.05) is 0 Å². The van der Waals surface area contributed by atoms with Crippen LogP contribution in [-0.4, -0.2) is 50.8 Å². The largest absolute Gasteiger partial charge is 0.391 e. The van der Waals surface area contributed by atoms with Crippen molar-refractivity contribution >= 4 is 17.4 Å². The van der Waals surface area contributed by atoms with Crippen LogP contribution in [-0.2, 0) is 17.9 Å². The quantitative estimate of drug-likeness (QED) is 0.779. The molecule has 1 aliphatic heterocycles. The maximum absolute atomic E-state index is 13.6. The zero-order chi connectivity index (χ0) is 21.3. The van der Waals surface area contributed by atoms with Gasteiger partial charge in [0.25, 0.3) is 5.91 Å². The van der Waals surface area contributed by atoms with Crippen LogP contribution < -0.4 is 5.32 Å². The number of likely N-dealkylation sites (N-methyl/N-ethyl adjacent to an activating group) is 1. The normalized spacial score (nSPS) is 19.7. The van der Waals surface area contributed by atoms with Crippen LogP contribution in [0, 0.1) is 17.1 Å². The number of halogens is 1. The Morgan fingerprint density at radius 2 is 2.23 bits per heavy atom. The van der Waals surface area contributed by atoms with E-state index in [1.807, 2.05) is 6.07 Å². The fraction of sp³-hybridized carbons (Fsp3) is 0.381. The molecule has 154 valence electrons. The Kier molecular flexibility index (Phi) is 5.42. The van der Waals surface area contributed by atoms with Gasteiger partial charge in [-0.3, -0.25) is 9.79 Å². The molecule has 2 heterocycles. The van der Waals surface area contributed by atoms with Crippen LogP contribution in [0.25, 0.3) is 0 Å². The van der Waals surface area contributed by atoms with E-state index in [2.05, 4.69) is 20.3 Å². The van der Waals surface area contributed by atoms with Crippen molar-refractivity contribution in [3.05, 3.63) is 52.7 Å². The first-order valence-corrected chi connectivity index (χ1v) is 9.75. The summed E-state index contributed by atoms with van der Waals surface area (Å²) in [5.74, 6) is -0.359. The number of carbonyl (C=O) groups excluding carboxylic acids is 1. The minimum atomic E-state index is -0.469. The van der Waals surface area contributed by atoms with E-state index in [0.29, 0.717) is 28.2 Å². The van der Waals surface area contributed by atoms with Crippen LogP contribution in [0.2, 0.25) is 0 Å². The molecular formula is C21H21FN6O2. The van der Waals surface area contributed by atoms with Gasteiger partial charge < -0.3 is 15.3 Å². The molecule has 2 aliphatic rings. The Bertz CT molecular complexity index is 1060. The predicted octanol–water partition coefficient (Wildman–Crippen LogP) is 1.77. The van der Waals surface area contributed by atoms with Crippen molar-refractivity contribution in [2.75, 3.05) is 12.4 Å². The van der Waals surface area contributed by atoms with Gasteiger partial charge in [0, 0.05) is 13.6 Å². The number of amides is 1. The fourth-order valence-corrected chi connectivity index (χ4v) is 3.90.